The molecule has 2 aliphatic heterocycles. The lowest BCUT2D eigenvalue weighted by atomic mass is 9.79. The minimum absolute atomic E-state index is 0.0643. The topological polar surface area (TPSA) is 318 Å². The molecule has 0 radical (unpaired) electrons. The van der Waals surface area contributed by atoms with E-state index in [-0.39, 0.29) is 26.0 Å². The van der Waals surface area contributed by atoms with Crippen molar-refractivity contribution < 1.29 is 59.4 Å². The Hall–Kier alpha value is -0.680. The van der Waals surface area contributed by atoms with E-state index in [0.717, 1.165) is 6.42 Å². The van der Waals surface area contributed by atoms with Crippen LogP contribution in [-0.2, 0) is 23.7 Å². The van der Waals surface area contributed by atoms with Crippen molar-refractivity contribution in [2.24, 2.45) is 40.5 Å². The lowest BCUT2D eigenvalue weighted by Gasteiger charge is -2.48. The second kappa shape index (κ2) is 15.5. The molecule has 258 valence electrons. The zero-order valence-corrected chi connectivity index (χ0v) is 25.0. The van der Waals surface area contributed by atoms with Gasteiger partial charge < -0.3 is 88.1 Å². The van der Waals surface area contributed by atoms with Crippen molar-refractivity contribution in [2.45, 2.75) is 136 Å². The van der Waals surface area contributed by atoms with Crippen LogP contribution in [0.1, 0.15) is 32.6 Å². The van der Waals surface area contributed by atoms with E-state index in [2.05, 4.69) is 0 Å². The van der Waals surface area contributed by atoms with Crippen molar-refractivity contribution in [3.05, 3.63) is 0 Å². The molecule has 4 rings (SSSR count). The normalized spacial score (nSPS) is 51.9. The molecule has 7 unspecified atom stereocenters. The van der Waals surface area contributed by atoms with Gasteiger partial charge in [0.2, 0.25) is 0 Å². The summed E-state index contributed by atoms with van der Waals surface area (Å²) in [6, 6.07) is -3.65. The maximum atomic E-state index is 11.2. The number of hydrogen-bond acceptors (Lipinski definition) is 17. The van der Waals surface area contributed by atoms with Crippen LogP contribution in [0.3, 0.4) is 0 Å². The van der Waals surface area contributed by atoms with Crippen molar-refractivity contribution in [1.82, 2.24) is 0 Å². The highest BCUT2D eigenvalue weighted by Crippen LogP contribution is 2.36. The van der Waals surface area contributed by atoms with E-state index in [1.165, 1.54) is 0 Å². The van der Waals surface area contributed by atoms with Crippen molar-refractivity contribution in [1.29, 1.82) is 0 Å². The van der Waals surface area contributed by atoms with E-state index in [9.17, 15) is 35.7 Å². The first kappa shape index (κ1) is 36.2. The summed E-state index contributed by atoms with van der Waals surface area (Å²) in [6.45, 7) is 1.05. The molecule has 0 bridgehead atoms. The average Bonchev–Trinajstić information content (AvgIpc) is 3.30. The maximum absolute atomic E-state index is 11.2. The zero-order chi connectivity index (χ0) is 32.5. The summed E-state index contributed by atoms with van der Waals surface area (Å²) < 4.78 is 30.0. The quantitative estimate of drug-likeness (QED) is 0.1000. The summed E-state index contributed by atoms with van der Waals surface area (Å²) in [7, 11) is 0. The monoisotopic (exact) mass is 639 g/mol. The SMILES string of the molecule is CCC[C@@H]1C(CO)O[C@H](O[C@@H]2C(N)C[C@@H](N)C(O)[C@H]2O[C@@H]2O[C@H](CO)[C@H](O[C@H]3C[C@@H](CN)[C@@H](O)C(O)C3N)C2O)[C@@H](N)C1O. The molecule has 2 saturated carbocycles. The molecular formula is C27H53N5O12. The van der Waals surface area contributed by atoms with Crippen LogP contribution in [-0.4, -0.2) is 159 Å². The molecule has 0 amide bonds. The second-order valence-electron chi connectivity index (χ2n) is 12.6. The molecule has 0 spiro atoms. The van der Waals surface area contributed by atoms with E-state index < -0.39 is 122 Å². The van der Waals surface area contributed by atoms with E-state index >= 15 is 0 Å². The fourth-order valence-electron chi connectivity index (χ4n) is 6.97. The van der Waals surface area contributed by atoms with Crippen LogP contribution in [0.2, 0.25) is 0 Å². The summed E-state index contributed by atoms with van der Waals surface area (Å²) in [5.41, 5.74) is 30.7. The second-order valence-corrected chi connectivity index (χ2v) is 12.6. The molecule has 0 aromatic carbocycles. The number of rotatable bonds is 11. The first-order chi connectivity index (χ1) is 20.9. The van der Waals surface area contributed by atoms with Crippen LogP contribution in [0.25, 0.3) is 0 Å². The van der Waals surface area contributed by atoms with Crippen molar-refractivity contribution in [2.75, 3.05) is 19.8 Å². The fraction of sp³-hybridized carbons (Fsp3) is 1.00. The highest BCUT2D eigenvalue weighted by molar-refractivity contribution is 5.02. The zero-order valence-electron chi connectivity index (χ0n) is 25.0. The van der Waals surface area contributed by atoms with Crippen LogP contribution >= 0.6 is 0 Å². The summed E-state index contributed by atoms with van der Waals surface area (Å²) in [5.74, 6) is -0.927. The van der Waals surface area contributed by atoms with Gasteiger partial charge in [-0.1, -0.05) is 13.3 Å². The molecule has 4 aliphatic rings. The van der Waals surface area contributed by atoms with E-state index in [0.29, 0.717) is 6.42 Å². The Labute approximate surface area is 256 Å². The average molecular weight is 640 g/mol. The molecule has 2 heterocycles. The van der Waals surface area contributed by atoms with Gasteiger partial charge in [-0.3, -0.25) is 0 Å². The first-order valence-electron chi connectivity index (χ1n) is 15.5. The molecule has 0 aromatic rings. The predicted octanol–water partition coefficient (Wildman–Crippen LogP) is -6.14. The molecule has 19 atom stereocenters. The minimum Gasteiger partial charge on any atom is -0.394 e. The van der Waals surface area contributed by atoms with Crippen LogP contribution in [0, 0.1) is 11.8 Å². The Bertz CT molecular complexity index is 896. The summed E-state index contributed by atoms with van der Waals surface area (Å²) >= 11 is 0. The Morgan fingerprint density at radius 3 is 1.91 bits per heavy atom. The molecule has 17 nitrogen and oxygen atoms in total. The first-order valence-corrected chi connectivity index (χ1v) is 15.5. The Balaban J connectivity index is 1.49. The minimum atomic E-state index is -1.51. The fourth-order valence-corrected chi connectivity index (χ4v) is 6.97. The smallest absolute Gasteiger partial charge is 0.187 e. The van der Waals surface area contributed by atoms with Gasteiger partial charge >= 0.3 is 0 Å². The van der Waals surface area contributed by atoms with Gasteiger partial charge in [0.15, 0.2) is 12.6 Å². The Kier molecular flexibility index (Phi) is 12.7. The van der Waals surface area contributed by atoms with Gasteiger partial charge in [-0.25, -0.2) is 0 Å². The Morgan fingerprint density at radius 1 is 0.659 bits per heavy atom. The molecule has 17 heteroatoms. The number of nitrogens with two attached hydrogens (primary N) is 5. The van der Waals surface area contributed by atoms with Crippen LogP contribution < -0.4 is 28.7 Å². The third-order valence-electron chi connectivity index (χ3n) is 9.68. The van der Waals surface area contributed by atoms with Gasteiger partial charge in [0.1, 0.15) is 30.5 Å². The van der Waals surface area contributed by atoms with E-state index in [1.807, 2.05) is 6.92 Å². The molecule has 17 N–H and O–H groups in total. The third-order valence-corrected chi connectivity index (χ3v) is 9.68. The Morgan fingerprint density at radius 2 is 1.30 bits per heavy atom. The van der Waals surface area contributed by atoms with Gasteiger partial charge in [0, 0.05) is 23.9 Å². The lowest BCUT2D eigenvalue weighted by molar-refractivity contribution is -0.305. The lowest BCUT2D eigenvalue weighted by Crippen LogP contribution is -2.67. The van der Waals surface area contributed by atoms with Crippen LogP contribution in [0.5, 0.6) is 0 Å². The number of hydrogen-bond donors (Lipinski definition) is 12. The number of ether oxygens (including phenoxy) is 5. The van der Waals surface area contributed by atoms with Crippen molar-refractivity contribution >= 4 is 0 Å². The van der Waals surface area contributed by atoms with Gasteiger partial charge in [0.05, 0.1) is 61.9 Å². The molecular weight excluding hydrogens is 586 g/mol. The summed E-state index contributed by atoms with van der Waals surface area (Å²) in [6.07, 6.45) is -13.7. The van der Waals surface area contributed by atoms with Gasteiger partial charge in [-0.05, 0) is 25.8 Å². The highest BCUT2D eigenvalue weighted by Gasteiger charge is 2.54. The van der Waals surface area contributed by atoms with Crippen LogP contribution in [0.4, 0.5) is 0 Å². The molecule has 2 saturated heterocycles. The number of aliphatic hydroxyl groups is 7. The molecule has 2 aliphatic carbocycles. The van der Waals surface area contributed by atoms with Crippen LogP contribution in [0.15, 0.2) is 0 Å². The standard InChI is InChI=1S/C27H53N5O12/c1-2-3-10-14(7-33)41-26(17(32)19(10)36)43-23-12(30)5-11(29)20(37)25(23)44-27-22(39)24(15(8-34)42-27)40-13-4-9(6-28)18(35)21(38)16(13)31/h9-27,33-39H,2-8,28-32H2,1H3/t9-,10+,11+,12?,13-,14?,15+,16?,17-,18+,19?,20?,21?,22?,23+,24-,25+,26+,27-/m0/s1. The molecule has 0 aromatic heterocycles. The maximum Gasteiger partial charge on any atom is 0.187 e. The molecule has 4 fully saturated rings. The van der Waals surface area contributed by atoms with Gasteiger partial charge in [-0.15, -0.1) is 0 Å². The predicted molar refractivity (Wildman–Crippen MR) is 152 cm³/mol. The van der Waals surface area contributed by atoms with E-state index in [1.54, 1.807) is 0 Å². The van der Waals surface area contributed by atoms with Crippen molar-refractivity contribution in [3.63, 3.8) is 0 Å². The van der Waals surface area contributed by atoms with Gasteiger partial charge in [0.25, 0.3) is 0 Å². The van der Waals surface area contributed by atoms with E-state index in [4.69, 9.17) is 52.4 Å². The molecule has 44 heavy (non-hydrogen) atoms. The summed E-state index contributed by atoms with van der Waals surface area (Å²) in [5, 5.41) is 73.8. The third kappa shape index (κ3) is 7.24. The largest absolute Gasteiger partial charge is 0.394 e. The van der Waals surface area contributed by atoms with Gasteiger partial charge in [-0.2, -0.15) is 0 Å². The van der Waals surface area contributed by atoms with Crippen molar-refractivity contribution in [3.8, 4) is 0 Å². The number of aliphatic hydroxyl groups excluding tert-OH is 7. The summed E-state index contributed by atoms with van der Waals surface area (Å²) in [4.78, 5) is 0. The highest BCUT2D eigenvalue weighted by atomic mass is 16.7.